The second-order valence-electron chi connectivity index (χ2n) is 7.12. The molecule has 3 rings (SSSR count). The Bertz CT molecular complexity index is 751. The molecule has 0 aromatic heterocycles. The van der Waals surface area contributed by atoms with Crippen molar-refractivity contribution in [1.29, 1.82) is 0 Å². The van der Waals surface area contributed by atoms with Crippen molar-refractivity contribution in [3.63, 3.8) is 0 Å². The molecular weight excluding hydrogens is 350 g/mol. The topological polar surface area (TPSA) is 102 Å². The fraction of sp³-hybridized carbons (Fsp3) is 0.579. The molecule has 146 valence electrons. The molecule has 8 heteroatoms. The number of benzene rings is 1. The van der Waals surface area contributed by atoms with Crippen molar-refractivity contribution in [2.45, 2.75) is 51.1 Å². The van der Waals surface area contributed by atoms with Crippen molar-refractivity contribution in [3.8, 4) is 0 Å². The Kier molecular flexibility index (Phi) is 5.62. The van der Waals surface area contributed by atoms with Gasteiger partial charge in [0, 0.05) is 24.2 Å². The first-order valence-corrected chi connectivity index (χ1v) is 9.40. The number of hydrogen-bond acceptors (Lipinski definition) is 6. The van der Waals surface area contributed by atoms with Gasteiger partial charge in [-0.1, -0.05) is 12.8 Å². The van der Waals surface area contributed by atoms with Crippen LogP contribution in [0.5, 0.6) is 0 Å². The van der Waals surface area contributed by atoms with Gasteiger partial charge in [0.05, 0.1) is 12.0 Å². The molecule has 8 nitrogen and oxygen atoms in total. The van der Waals surface area contributed by atoms with Gasteiger partial charge in [-0.3, -0.25) is 14.9 Å². The van der Waals surface area contributed by atoms with E-state index in [0.717, 1.165) is 25.7 Å². The van der Waals surface area contributed by atoms with E-state index in [1.807, 2.05) is 6.92 Å². The lowest BCUT2D eigenvalue weighted by atomic mass is 9.84. The number of amides is 1. The number of carbonyl (C=O) groups is 2. The molecule has 1 aromatic rings. The number of ether oxygens (including phenoxy) is 1. The van der Waals surface area contributed by atoms with E-state index in [9.17, 15) is 19.7 Å². The van der Waals surface area contributed by atoms with E-state index in [1.54, 1.807) is 17.0 Å². The maximum absolute atomic E-state index is 13.3. The predicted molar refractivity (Wildman–Crippen MR) is 99.6 cm³/mol. The number of nitrogens with zero attached hydrogens (tertiary/aromatic N) is 2. The molecule has 1 saturated carbocycles. The molecule has 1 aliphatic carbocycles. The molecule has 0 radical (unpaired) electrons. The van der Waals surface area contributed by atoms with Gasteiger partial charge in [-0.15, -0.1) is 0 Å². The molecule has 1 amide bonds. The zero-order valence-corrected chi connectivity index (χ0v) is 15.6. The molecule has 27 heavy (non-hydrogen) atoms. The quantitative estimate of drug-likeness (QED) is 0.482. The van der Waals surface area contributed by atoms with Crippen molar-refractivity contribution in [2.24, 2.45) is 5.92 Å². The highest BCUT2D eigenvalue weighted by atomic mass is 16.6. The molecule has 2 aliphatic rings. The Balaban J connectivity index is 1.95. The normalized spacial score (nSPS) is 24.2. The summed E-state index contributed by atoms with van der Waals surface area (Å²) < 4.78 is 4.92. The summed E-state index contributed by atoms with van der Waals surface area (Å²) in [4.78, 5) is 38.1. The van der Waals surface area contributed by atoms with Crippen LogP contribution in [-0.4, -0.2) is 47.4 Å². The summed E-state index contributed by atoms with van der Waals surface area (Å²) in [5, 5.41) is 14.3. The van der Waals surface area contributed by atoms with E-state index in [-0.39, 0.29) is 29.1 Å². The van der Waals surface area contributed by atoms with Gasteiger partial charge in [-0.25, -0.2) is 4.79 Å². The SMILES string of the molecule is CCNc1ccc(C(=O)N2[C@H](C(=O)OC)C[C@H]3CCCC[C@@H]32)cc1[N+](=O)[O-]. The Morgan fingerprint density at radius 2 is 2.07 bits per heavy atom. The molecule has 0 bridgehead atoms. The highest BCUT2D eigenvalue weighted by Crippen LogP contribution is 2.41. The van der Waals surface area contributed by atoms with Crippen LogP contribution in [0.25, 0.3) is 0 Å². The lowest BCUT2D eigenvalue weighted by Gasteiger charge is -2.33. The summed E-state index contributed by atoms with van der Waals surface area (Å²) in [6.07, 6.45) is 4.54. The van der Waals surface area contributed by atoms with Gasteiger partial charge >= 0.3 is 5.97 Å². The largest absolute Gasteiger partial charge is 0.467 e. The van der Waals surface area contributed by atoms with Gasteiger partial charge in [0.1, 0.15) is 11.7 Å². The van der Waals surface area contributed by atoms with Crippen LogP contribution >= 0.6 is 0 Å². The summed E-state index contributed by atoms with van der Waals surface area (Å²) in [5.41, 5.74) is 0.459. The number of methoxy groups -OCH3 is 1. The van der Waals surface area contributed by atoms with Crippen LogP contribution in [-0.2, 0) is 9.53 Å². The first kappa shape index (κ1) is 19.1. The van der Waals surface area contributed by atoms with Gasteiger partial charge in [0.2, 0.25) is 0 Å². The minimum Gasteiger partial charge on any atom is -0.467 e. The number of nitro groups is 1. The summed E-state index contributed by atoms with van der Waals surface area (Å²) in [7, 11) is 1.32. The zero-order valence-electron chi connectivity index (χ0n) is 15.6. The molecule has 1 saturated heterocycles. The highest BCUT2D eigenvalue weighted by Gasteiger charge is 2.48. The van der Waals surface area contributed by atoms with Crippen molar-refractivity contribution in [2.75, 3.05) is 19.0 Å². The summed E-state index contributed by atoms with van der Waals surface area (Å²) >= 11 is 0. The maximum atomic E-state index is 13.3. The molecule has 1 aromatic carbocycles. The average molecular weight is 375 g/mol. The number of esters is 1. The van der Waals surface area contributed by atoms with Crippen molar-refractivity contribution >= 4 is 23.3 Å². The fourth-order valence-electron chi connectivity index (χ4n) is 4.40. The van der Waals surface area contributed by atoms with Gasteiger partial charge < -0.3 is 15.0 Å². The molecule has 0 spiro atoms. The number of anilines is 1. The van der Waals surface area contributed by atoms with E-state index in [1.165, 1.54) is 13.2 Å². The van der Waals surface area contributed by atoms with Crippen LogP contribution in [0.4, 0.5) is 11.4 Å². The minimum atomic E-state index is -0.622. The minimum absolute atomic E-state index is 0.0113. The molecule has 3 atom stereocenters. The van der Waals surface area contributed by atoms with Crippen molar-refractivity contribution in [3.05, 3.63) is 33.9 Å². The smallest absolute Gasteiger partial charge is 0.328 e. The number of carbonyl (C=O) groups excluding carboxylic acids is 2. The third kappa shape index (κ3) is 3.61. The predicted octanol–water partition coefficient (Wildman–Crippen LogP) is 2.97. The molecule has 1 N–H and O–H groups in total. The summed E-state index contributed by atoms with van der Waals surface area (Å²) in [6.45, 7) is 2.38. The van der Waals surface area contributed by atoms with E-state index in [2.05, 4.69) is 5.32 Å². The maximum Gasteiger partial charge on any atom is 0.328 e. The summed E-state index contributed by atoms with van der Waals surface area (Å²) in [6, 6.07) is 3.80. The lowest BCUT2D eigenvalue weighted by Crippen LogP contribution is -2.46. The number of fused-ring (bicyclic) bond motifs is 1. The van der Waals surface area contributed by atoms with Crippen molar-refractivity contribution in [1.82, 2.24) is 4.90 Å². The first-order valence-electron chi connectivity index (χ1n) is 9.40. The standard InChI is InChI=1S/C19H25N3O5/c1-3-20-14-9-8-13(11-16(14)22(25)26)18(23)21-15-7-5-4-6-12(15)10-17(21)19(24)27-2/h8-9,11-12,15,17,20H,3-7,10H2,1-2H3/t12-,15+,17+/m1/s1. The monoisotopic (exact) mass is 375 g/mol. The summed E-state index contributed by atoms with van der Waals surface area (Å²) in [5.74, 6) is -0.481. The number of hydrogen-bond donors (Lipinski definition) is 1. The fourth-order valence-corrected chi connectivity index (χ4v) is 4.40. The number of likely N-dealkylation sites (tertiary alicyclic amines) is 1. The van der Waals surface area contributed by atoms with Crippen LogP contribution in [0.3, 0.4) is 0 Å². The Morgan fingerprint density at radius 3 is 2.74 bits per heavy atom. The third-order valence-corrected chi connectivity index (χ3v) is 5.60. The van der Waals surface area contributed by atoms with Crippen molar-refractivity contribution < 1.29 is 19.2 Å². The number of nitrogens with one attached hydrogen (secondary N) is 1. The first-order chi connectivity index (χ1) is 13.0. The van der Waals surface area contributed by atoms with Gasteiger partial charge in [-0.05, 0) is 44.2 Å². The number of nitro benzene ring substituents is 1. The molecule has 0 unspecified atom stereocenters. The van der Waals surface area contributed by atoms with Crippen LogP contribution in [0.1, 0.15) is 49.4 Å². The second-order valence-corrected chi connectivity index (χ2v) is 7.12. The van der Waals surface area contributed by atoms with Crippen LogP contribution in [0.2, 0.25) is 0 Å². The molecule has 1 heterocycles. The van der Waals surface area contributed by atoms with Crippen LogP contribution in [0, 0.1) is 16.0 Å². The van der Waals surface area contributed by atoms with Gasteiger partial charge in [0.15, 0.2) is 0 Å². The third-order valence-electron chi connectivity index (χ3n) is 5.60. The molecule has 1 aliphatic heterocycles. The van der Waals surface area contributed by atoms with E-state index in [4.69, 9.17) is 4.74 Å². The van der Waals surface area contributed by atoms with E-state index in [0.29, 0.717) is 18.7 Å². The Hall–Kier alpha value is -2.64. The van der Waals surface area contributed by atoms with Crippen LogP contribution in [0.15, 0.2) is 18.2 Å². The lowest BCUT2D eigenvalue weighted by molar-refractivity contribution is -0.384. The average Bonchev–Trinajstić information content (AvgIpc) is 3.06. The Labute approximate surface area is 158 Å². The van der Waals surface area contributed by atoms with Gasteiger partial charge in [-0.2, -0.15) is 0 Å². The second kappa shape index (κ2) is 7.94. The van der Waals surface area contributed by atoms with E-state index < -0.39 is 16.9 Å². The molecule has 2 fully saturated rings. The molecular formula is C19H25N3O5. The van der Waals surface area contributed by atoms with Crippen LogP contribution < -0.4 is 5.32 Å². The number of rotatable bonds is 5. The highest BCUT2D eigenvalue weighted by molar-refractivity contribution is 5.98. The zero-order chi connectivity index (χ0) is 19.6. The Morgan fingerprint density at radius 1 is 1.33 bits per heavy atom. The van der Waals surface area contributed by atoms with Gasteiger partial charge in [0.25, 0.3) is 11.6 Å². The van der Waals surface area contributed by atoms with E-state index >= 15 is 0 Å².